The molecule has 3 heteroatoms. The SMILES string of the molecule is C=CN1C=CCN(C=C)C1C=O. The van der Waals surface area contributed by atoms with Crippen LogP contribution in [-0.4, -0.2) is 28.8 Å². The number of rotatable bonds is 3. The summed E-state index contributed by atoms with van der Waals surface area (Å²) >= 11 is 0. The van der Waals surface area contributed by atoms with E-state index >= 15 is 0 Å². The summed E-state index contributed by atoms with van der Waals surface area (Å²) in [6.07, 6.45) is 7.64. The van der Waals surface area contributed by atoms with Crippen LogP contribution < -0.4 is 0 Å². The first kappa shape index (κ1) is 8.59. The molecule has 1 aliphatic rings. The summed E-state index contributed by atoms with van der Waals surface area (Å²) in [5.41, 5.74) is 0. The van der Waals surface area contributed by atoms with E-state index in [9.17, 15) is 4.79 Å². The lowest BCUT2D eigenvalue weighted by Crippen LogP contribution is -2.44. The van der Waals surface area contributed by atoms with Crippen molar-refractivity contribution in [3.05, 3.63) is 37.8 Å². The lowest BCUT2D eigenvalue weighted by atomic mass is 10.3. The molecule has 0 aromatic rings. The molecule has 1 unspecified atom stereocenters. The van der Waals surface area contributed by atoms with E-state index in [0.29, 0.717) is 0 Å². The van der Waals surface area contributed by atoms with Gasteiger partial charge in [-0.25, -0.2) is 0 Å². The highest BCUT2D eigenvalue weighted by Gasteiger charge is 2.19. The standard InChI is InChI=1S/C9H12N2O/c1-3-10-6-5-7-11(4-2)9(10)8-12/h3-6,8-9H,1-2,7H2. The molecule has 0 N–H and O–H groups in total. The smallest absolute Gasteiger partial charge is 0.163 e. The molecule has 12 heavy (non-hydrogen) atoms. The Morgan fingerprint density at radius 2 is 2.17 bits per heavy atom. The number of hydrogen-bond donors (Lipinski definition) is 0. The van der Waals surface area contributed by atoms with Gasteiger partial charge in [-0.1, -0.05) is 13.2 Å². The number of nitrogens with zero attached hydrogens (tertiary/aromatic N) is 2. The predicted molar refractivity (Wildman–Crippen MR) is 47.9 cm³/mol. The summed E-state index contributed by atoms with van der Waals surface area (Å²) in [7, 11) is 0. The van der Waals surface area contributed by atoms with E-state index in [1.54, 1.807) is 17.3 Å². The molecule has 1 aliphatic heterocycles. The first-order chi connectivity index (χ1) is 5.83. The van der Waals surface area contributed by atoms with Crippen molar-refractivity contribution in [1.29, 1.82) is 0 Å². The van der Waals surface area contributed by atoms with Crippen LogP contribution in [0.1, 0.15) is 0 Å². The Bertz CT molecular complexity index is 223. The summed E-state index contributed by atoms with van der Waals surface area (Å²) in [5, 5.41) is 0. The minimum absolute atomic E-state index is 0.287. The highest BCUT2D eigenvalue weighted by atomic mass is 16.1. The van der Waals surface area contributed by atoms with Crippen LogP contribution in [0.2, 0.25) is 0 Å². The van der Waals surface area contributed by atoms with E-state index < -0.39 is 0 Å². The summed E-state index contributed by atoms with van der Waals surface area (Å²) < 4.78 is 0. The molecular weight excluding hydrogens is 152 g/mol. The Labute approximate surface area is 72.3 Å². The van der Waals surface area contributed by atoms with Crippen LogP contribution in [-0.2, 0) is 4.79 Å². The fraction of sp³-hybridized carbons (Fsp3) is 0.222. The molecule has 0 spiro atoms. The number of carbonyl (C=O) groups is 1. The Kier molecular flexibility index (Phi) is 2.69. The van der Waals surface area contributed by atoms with Gasteiger partial charge in [0, 0.05) is 12.7 Å². The summed E-state index contributed by atoms with van der Waals surface area (Å²) in [6.45, 7) is 7.95. The van der Waals surface area contributed by atoms with Crippen molar-refractivity contribution in [2.75, 3.05) is 6.54 Å². The van der Waals surface area contributed by atoms with Gasteiger partial charge in [-0.05, 0) is 18.5 Å². The third kappa shape index (κ3) is 1.39. The monoisotopic (exact) mass is 164 g/mol. The highest BCUT2D eigenvalue weighted by Crippen LogP contribution is 2.10. The highest BCUT2D eigenvalue weighted by molar-refractivity contribution is 5.58. The van der Waals surface area contributed by atoms with E-state index in [2.05, 4.69) is 13.2 Å². The third-order valence-electron chi connectivity index (χ3n) is 1.81. The molecule has 0 aliphatic carbocycles. The number of carbonyl (C=O) groups excluding carboxylic acids is 1. The van der Waals surface area contributed by atoms with Crippen LogP contribution in [0, 0.1) is 0 Å². The van der Waals surface area contributed by atoms with Gasteiger partial charge in [0.1, 0.15) is 0 Å². The first-order valence-corrected chi connectivity index (χ1v) is 3.73. The van der Waals surface area contributed by atoms with Crippen LogP contribution in [0.25, 0.3) is 0 Å². The fourth-order valence-corrected chi connectivity index (χ4v) is 1.16. The van der Waals surface area contributed by atoms with Crippen LogP contribution in [0.5, 0.6) is 0 Å². The van der Waals surface area contributed by atoms with Crippen LogP contribution in [0.3, 0.4) is 0 Å². The number of aldehydes is 1. The van der Waals surface area contributed by atoms with Crippen molar-refractivity contribution in [3.8, 4) is 0 Å². The Balaban J connectivity index is 2.82. The molecule has 64 valence electrons. The van der Waals surface area contributed by atoms with Gasteiger partial charge in [0.25, 0.3) is 0 Å². The van der Waals surface area contributed by atoms with Crippen molar-refractivity contribution < 1.29 is 4.79 Å². The zero-order chi connectivity index (χ0) is 8.97. The minimum Gasteiger partial charge on any atom is -0.348 e. The van der Waals surface area contributed by atoms with Gasteiger partial charge in [0.15, 0.2) is 12.5 Å². The molecule has 0 radical (unpaired) electrons. The van der Waals surface area contributed by atoms with E-state index in [0.717, 1.165) is 12.8 Å². The molecule has 1 heterocycles. The van der Waals surface area contributed by atoms with Gasteiger partial charge in [0.05, 0.1) is 0 Å². The van der Waals surface area contributed by atoms with Crippen molar-refractivity contribution in [3.63, 3.8) is 0 Å². The minimum atomic E-state index is -0.287. The molecule has 0 bridgehead atoms. The molecule has 3 nitrogen and oxygen atoms in total. The predicted octanol–water partition coefficient (Wildman–Crippen LogP) is 0.930. The maximum atomic E-state index is 10.7. The van der Waals surface area contributed by atoms with Crippen molar-refractivity contribution >= 4 is 6.29 Å². The molecule has 0 aromatic heterocycles. The summed E-state index contributed by atoms with van der Waals surface area (Å²) in [4.78, 5) is 14.2. The molecule has 0 amide bonds. The summed E-state index contributed by atoms with van der Waals surface area (Å²) in [6, 6.07) is 0. The molecule has 0 fully saturated rings. The van der Waals surface area contributed by atoms with Gasteiger partial charge in [0.2, 0.25) is 0 Å². The molecule has 0 saturated heterocycles. The first-order valence-electron chi connectivity index (χ1n) is 3.73. The van der Waals surface area contributed by atoms with Gasteiger partial charge >= 0.3 is 0 Å². The Morgan fingerprint density at radius 1 is 1.42 bits per heavy atom. The van der Waals surface area contributed by atoms with E-state index in [4.69, 9.17) is 0 Å². The zero-order valence-electron chi connectivity index (χ0n) is 6.89. The van der Waals surface area contributed by atoms with Crippen molar-refractivity contribution in [2.24, 2.45) is 0 Å². The third-order valence-corrected chi connectivity index (χ3v) is 1.81. The van der Waals surface area contributed by atoms with Crippen molar-refractivity contribution in [2.45, 2.75) is 6.17 Å². The zero-order valence-corrected chi connectivity index (χ0v) is 6.89. The van der Waals surface area contributed by atoms with Gasteiger partial charge in [-0.2, -0.15) is 0 Å². The normalized spacial score (nSPS) is 22.2. The van der Waals surface area contributed by atoms with Crippen LogP contribution >= 0.6 is 0 Å². The maximum Gasteiger partial charge on any atom is 0.163 e. The maximum absolute atomic E-state index is 10.7. The van der Waals surface area contributed by atoms with E-state index in [-0.39, 0.29) is 6.17 Å². The molecular formula is C9H12N2O. The largest absolute Gasteiger partial charge is 0.348 e. The quantitative estimate of drug-likeness (QED) is 0.580. The van der Waals surface area contributed by atoms with Gasteiger partial charge in [-0.15, -0.1) is 0 Å². The topological polar surface area (TPSA) is 23.6 Å². The van der Waals surface area contributed by atoms with Crippen molar-refractivity contribution in [1.82, 2.24) is 9.80 Å². The van der Waals surface area contributed by atoms with Gasteiger partial charge < -0.3 is 9.80 Å². The Morgan fingerprint density at radius 3 is 2.67 bits per heavy atom. The molecule has 1 atom stereocenters. The number of hydrogen-bond acceptors (Lipinski definition) is 3. The average molecular weight is 164 g/mol. The second-order valence-electron chi connectivity index (χ2n) is 2.44. The van der Waals surface area contributed by atoms with Gasteiger partial charge in [-0.3, -0.25) is 4.79 Å². The molecule has 1 rings (SSSR count). The average Bonchev–Trinajstić information content (AvgIpc) is 2.16. The second-order valence-corrected chi connectivity index (χ2v) is 2.44. The fourth-order valence-electron chi connectivity index (χ4n) is 1.16. The molecule has 0 aromatic carbocycles. The summed E-state index contributed by atoms with van der Waals surface area (Å²) in [5.74, 6) is 0. The van der Waals surface area contributed by atoms with E-state index in [1.807, 2.05) is 17.2 Å². The second kappa shape index (κ2) is 3.76. The van der Waals surface area contributed by atoms with E-state index in [1.165, 1.54) is 0 Å². The lowest BCUT2D eigenvalue weighted by Gasteiger charge is -2.35. The van der Waals surface area contributed by atoms with Crippen LogP contribution in [0.4, 0.5) is 0 Å². The molecule has 0 saturated carbocycles. The van der Waals surface area contributed by atoms with Crippen LogP contribution in [0.15, 0.2) is 37.8 Å². The lowest BCUT2D eigenvalue weighted by molar-refractivity contribution is -0.115. The Hall–Kier alpha value is -1.51.